The van der Waals surface area contributed by atoms with Crippen molar-refractivity contribution in [1.82, 2.24) is 19.6 Å². The predicted molar refractivity (Wildman–Crippen MR) is 99.8 cm³/mol. The molecule has 3 heterocycles. The highest BCUT2D eigenvalue weighted by Crippen LogP contribution is 2.12. The molecular formula is C20H20N4O4. The topological polar surface area (TPSA) is 80.8 Å². The molecule has 144 valence electrons. The Kier molecular flexibility index (Phi) is 5.09. The fraction of sp³-hybridized carbons (Fsp3) is 0.250. The second-order valence-corrected chi connectivity index (χ2v) is 6.39. The molecule has 0 unspecified atom stereocenters. The molecule has 0 atom stereocenters. The van der Waals surface area contributed by atoms with E-state index in [1.165, 1.54) is 6.26 Å². The van der Waals surface area contributed by atoms with Crippen molar-refractivity contribution in [3.05, 3.63) is 72.4 Å². The van der Waals surface area contributed by atoms with Gasteiger partial charge in [0.1, 0.15) is 5.75 Å². The van der Waals surface area contributed by atoms with Gasteiger partial charge in [0.2, 0.25) is 0 Å². The fourth-order valence-electron chi connectivity index (χ4n) is 3.04. The number of hydrogen-bond acceptors (Lipinski definition) is 5. The quantitative estimate of drug-likeness (QED) is 0.677. The van der Waals surface area contributed by atoms with Gasteiger partial charge in [0.05, 0.1) is 6.26 Å². The van der Waals surface area contributed by atoms with Crippen molar-refractivity contribution in [2.75, 3.05) is 26.2 Å². The molecule has 1 saturated heterocycles. The predicted octanol–water partition coefficient (Wildman–Crippen LogP) is 2.11. The van der Waals surface area contributed by atoms with E-state index in [2.05, 4.69) is 5.10 Å². The molecule has 1 aliphatic heterocycles. The number of carbonyl (C=O) groups is 2. The number of rotatable bonds is 5. The van der Waals surface area contributed by atoms with E-state index < -0.39 is 0 Å². The molecule has 0 spiro atoms. The smallest absolute Gasteiger partial charge is 0.289 e. The summed E-state index contributed by atoms with van der Waals surface area (Å²) in [6.45, 7) is 2.06. The monoisotopic (exact) mass is 380 g/mol. The molecule has 4 rings (SSSR count). The Morgan fingerprint density at radius 3 is 2.32 bits per heavy atom. The van der Waals surface area contributed by atoms with Crippen molar-refractivity contribution >= 4 is 11.8 Å². The van der Waals surface area contributed by atoms with Crippen LogP contribution in [-0.2, 0) is 6.73 Å². The molecule has 8 nitrogen and oxygen atoms in total. The first-order valence-electron chi connectivity index (χ1n) is 9.04. The Morgan fingerprint density at radius 1 is 0.929 bits per heavy atom. The molecule has 28 heavy (non-hydrogen) atoms. The largest absolute Gasteiger partial charge is 0.471 e. The van der Waals surface area contributed by atoms with Gasteiger partial charge in [-0.05, 0) is 30.3 Å². The molecule has 8 heteroatoms. The van der Waals surface area contributed by atoms with E-state index in [0.29, 0.717) is 37.6 Å². The SMILES string of the molecule is O=C(c1ccn(COc2ccccc2)n1)N1CCN(C(=O)c2ccco2)CC1. The fourth-order valence-corrected chi connectivity index (χ4v) is 3.04. The average Bonchev–Trinajstić information content (AvgIpc) is 3.44. The maximum Gasteiger partial charge on any atom is 0.289 e. The van der Waals surface area contributed by atoms with Crippen molar-refractivity contribution in [3.63, 3.8) is 0 Å². The number of aromatic nitrogens is 2. The van der Waals surface area contributed by atoms with Crippen molar-refractivity contribution in [2.24, 2.45) is 0 Å². The van der Waals surface area contributed by atoms with Gasteiger partial charge in [0.15, 0.2) is 18.2 Å². The van der Waals surface area contributed by atoms with E-state index in [1.807, 2.05) is 30.3 Å². The van der Waals surface area contributed by atoms with Crippen LogP contribution in [0.1, 0.15) is 21.0 Å². The zero-order valence-corrected chi connectivity index (χ0v) is 15.2. The minimum atomic E-state index is -0.153. The van der Waals surface area contributed by atoms with Crippen molar-refractivity contribution in [3.8, 4) is 5.75 Å². The number of piperazine rings is 1. The van der Waals surface area contributed by atoms with Crippen LogP contribution in [-0.4, -0.2) is 57.6 Å². The lowest BCUT2D eigenvalue weighted by atomic mass is 10.2. The van der Waals surface area contributed by atoms with E-state index in [4.69, 9.17) is 9.15 Å². The molecule has 2 amide bonds. The molecular weight excluding hydrogens is 360 g/mol. The van der Waals surface area contributed by atoms with Crippen LogP contribution in [0, 0.1) is 0 Å². The highest BCUT2D eigenvalue weighted by Gasteiger charge is 2.27. The van der Waals surface area contributed by atoms with Crippen molar-refractivity contribution < 1.29 is 18.7 Å². The third kappa shape index (κ3) is 3.90. The van der Waals surface area contributed by atoms with Crippen molar-refractivity contribution in [1.29, 1.82) is 0 Å². The van der Waals surface area contributed by atoms with Gasteiger partial charge in [-0.3, -0.25) is 9.59 Å². The van der Waals surface area contributed by atoms with E-state index in [9.17, 15) is 9.59 Å². The van der Waals surface area contributed by atoms with Gasteiger partial charge < -0.3 is 19.0 Å². The summed E-state index contributed by atoms with van der Waals surface area (Å²) in [6.07, 6.45) is 3.19. The highest BCUT2D eigenvalue weighted by molar-refractivity contribution is 5.93. The number of amides is 2. The summed E-state index contributed by atoms with van der Waals surface area (Å²) in [4.78, 5) is 28.4. The minimum absolute atomic E-state index is 0.149. The molecule has 1 fully saturated rings. The number of nitrogens with zero attached hydrogens (tertiary/aromatic N) is 4. The molecule has 0 N–H and O–H groups in total. The van der Waals surface area contributed by atoms with Crippen LogP contribution < -0.4 is 4.74 Å². The Balaban J connectivity index is 1.30. The van der Waals surface area contributed by atoms with Crippen LogP contribution in [0.3, 0.4) is 0 Å². The number of furan rings is 1. The number of hydrogen-bond donors (Lipinski definition) is 0. The van der Waals surface area contributed by atoms with Crippen LogP contribution in [0.5, 0.6) is 5.75 Å². The van der Waals surface area contributed by atoms with Gasteiger partial charge in [-0.15, -0.1) is 0 Å². The van der Waals surface area contributed by atoms with Gasteiger partial charge in [-0.25, -0.2) is 4.68 Å². The maximum atomic E-state index is 12.7. The van der Waals surface area contributed by atoms with Gasteiger partial charge >= 0.3 is 0 Å². The van der Waals surface area contributed by atoms with Gasteiger partial charge in [-0.2, -0.15) is 5.10 Å². The Hall–Kier alpha value is -3.55. The third-order valence-corrected chi connectivity index (χ3v) is 4.55. The lowest BCUT2D eigenvalue weighted by Gasteiger charge is -2.33. The average molecular weight is 380 g/mol. The summed E-state index contributed by atoms with van der Waals surface area (Å²) in [5.41, 5.74) is 0.363. The maximum absolute atomic E-state index is 12.7. The van der Waals surface area contributed by atoms with Crippen LogP contribution in [0.25, 0.3) is 0 Å². The van der Waals surface area contributed by atoms with E-state index in [0.717, 1.165) is 5.75 Å². The van der Waals surface area contributed by atoms with E-state index in [-0.39, 0.29) is 18.5 Å². The number of ether oxygens (including phenoxy) is 1. The summed E-state index contributed by atoms with van der Waals surface area (Å²) in [7, 11) is 0. The normalized spacial score (nSPS) is 14.1. The Labute approximate surface area is 161 Å². The molecule has 0 radical (unpaired) electrons. The number of benzene rings is 1. The molecule has 0 aliphatic carbocycles. The zero-order chi connectivity index (χ0) is 19.3. The Morgan fingerprint density at radius 2 is 1.64 bits per heavy atom. The second-order valence-electron chi connectivity index (χ2n) is 6.39. The number of para-hydroxylation sites is 1. The van der Waals surface area contributed by atoms with Gasteiger partial charge in [0, 0.05) is 32.4 Å². The minimum Gasteiger partial charge on any atom is -0.471 e. The second kappa shape index (κ2) is 7.99. The van der Waals surface area contributed by atoms with Crippen molar-refractivity contribution in [2.45, 2.75) is 6.73 Å². The first-order chi connectivity index (χ1) is 13.7. The first kappa shape index (κ1) is 17.8. The molecule has 0 saturated carbocycles. The molecule has 0 bridgehead atoms. The summed E-state index contributed by atoms with van der Waals surface area (Å²) >= 11 is 0. The number of carbonyl (C=O) groups excluding carboxylic acids is 2. The molecule has 3 aromatic rings. The van der Waals surface area contributed by atoms with Gasteiger partial charge in [-0.1, -0.05) is 18.2 Å². The summed E-state index contributed by atoms with van der Waals surface area (Å²) in [5.74, 6) is 0.753. The van der Waals surface area contributed by atoms with Crippen LogP contribution in [0.2, 0.25) is 0 Å². The van der Waals surface area contributed by atoms with E-state index in [1.54, 1.807) is 38.9 Å². The van der Waals surface area contributed by atoms with Crippen LogP contribution in [0.15, 0.2) is 65.4 Å². The zero-order valence-electron chi connectivity index (χ0n) is 15.2. The molecule has 2 aromatic heterocycles. The first-order valence-corrected chi connectivity index (χ1v) is 9.04. The van der Waals surface area contributed by atoms with E-state index >= 15 is 0 Å². The lowest BCUT2D eigenvalue weighted by Crippen LogP contribution is -2.50. The van der Waals surface area contributed by atoms with Crippen LogP contribution >= 0.6 is 0 Å². The lowest BCUT2D eigenvalue weighted by molar-refractivity contribution is 0.0514. The summed E-state index contributed by atoms with van der Waals surface area (Å²) < 4.78 is 12.4. The van der Waals surface area contributed by atoms with Gasteiger partial charge in [0.25, 0.3) is 11.8 Å². The third-order valence-electron chi connectivity index (χ3n) is 4.55. The Bertz CT molecular complexity index is 928. The van der Waals surface area contributed by atoms with Crippen LogP contribution in [0.4, 0.5) is 0 Å². The standard InChI is InChI=1S/C20H20N4O4/c25-19(17-8-9-24(21-17)15-28-16-5-2-1-3-6-16)22-10-12-23(13-11-22)20(26)18-7-4-14-27-18/h1-9,14H,10-13,15H2. The summed E-state index contributed by atoms with van der Waals surface area (Å²) in [5, 5.41) is 4.30. The summed E-state index contributed by atoms with van der Waals surface area (Å²) in [6, 6.07) is 14.4. The molecule has 1 aromatic carbocycles. The highest BCUT2D eigenvalue weighted by atomic mass is 16.5. The molecule has 1 aliphatic rings.